The van der Waals surface area contributed by atoms with Crippen LogP contribution < -0.4 is 10.1 Å². The lowest BCUT2D eigenvalue weighted by Gasteiger charge is -2.26. The first-order chi connectivity index (χ1) is 12.7. The summed E-state index contributed by atoms with van der Waals surface area (Å²) >= 11 is 0. The van der Waals surface area contributed by atoms with Crippen LogP contribution in [0, 0.1) is 0 Å². The zero-order chi connectivity index (χ0) is 18.1. The van der Waals surface area contributed by atoms with E-state index < -0.39 is 0 Å². The molecule has 0 unspecified atom stereocenters. The number of morpholine rings is 1. The number of amides is 2. The molecule has 2 amide bonds. The van der Waals surface area contributed by atoms with Crippen LogP contribution in [0.2, 0.25) is 0 Å². The van der Waals surface area contributed by atoms with E-state index in [-0.39, 0.29) is 6.03 Å². The van der Waals surface area contributed by atoms with Crippen LogP contribution in [0.25, 0.3) is 11.1 Å². The average Bonchev–Trinajstić information content (AvgIpc) is 3.27. The molecule has 0 radical (unpaired) electrons. The fourth-order valence-electron chi connectivity index (χ4n) is 3.28. The summed E-state index contributed by atoms with van der Waals surface area (Å²) in [6.45, 7) is 2.32. The van der Waals surface area contributed by atoms with Gasteiger partial charge in [-0.25, -0.2) is 9.79 Å². The lowest BCUT2D eigenvalue weighted by Crippen LogP contribution is -2.48. The summed E-state index contributed by atoms with van der Waals surface area (Å²) in [5, 5.41) is 7.17. The molecule has 8 heteroatoms. The van der Waals surface area contributed by atoms with Gasteiger partial charge in [-0.15, -0.1) is 0 Å². The summed E-state index contributed by atoms with van der Waals surface area (Å²) in [5.41, 5.74) is 3.76. The lowest BCUT2D eigenvalue weighted by molar-refractivity contribution is 0.0543. The van der Waals surface area contributed by atoms with Crippen molar-refractivity contribution in [3.05, 3.63) is 30.1 Å². The Morgan fingerprint density at radius 2 is 2.12 bits per heavy atom. The van der Waals surface area contributed by atoms with Crippen molar-refractivity contribution < 1.29 is 14.3 Å². The molecule has 8 nitrogen and oxygen atoms in total. The maximum Gasteiger partial charge on any atom is 0.322 e. The minimum absolute atomic E-state index is 0.137. The summed E-state index contributed by atoms with van der Waals surface area (Å²) in [5.74, 6) is 1.40. The standard InChI is InChI=1S/C18H21N5O3/c1-22-11-12(10-19-22)13-3-4-15(25-2)14-9-16(20-17(13)14)21-18(24)23-5-7-26-8-6-23/h3-4,10-11H,5-9H2,1-2H3,(H,20,21,24). The normalized spacial score (nSPS) is 16.2. The minimum atomic E-state index is -0.137. The zero-order valence-corrected chi connectivity index (χ0v) is 14.9. The number of carbonyl (C=O) groups excluding carboxylic acids is 1. The van der Waals surface area contributed by atoms with Crippen LogP contribution in [0.15, 0.2) is 29.5 Å². The van der Waals surface area contributed by atoms with Crippen molar-refractivity contribution in [1.82, 2.24) is 20.0 Å². The first kappa shape index (κ1) is 16.6. The number of aliphatic imine (C=N–C) groups is 1. The molecule has 1 fully saturated rings. The number of aryl methyl sites for hydroxylation is 1. The van der Waals surface area contributed by atoms with Gasteiger partial charge < -0.3 is 14.4 Å². The molecule has 1 aromatic heterocycles. The molecule has 0 spiro atoms. The van der Waals surface area contributed by atoms with Gasteiger partial charge in [-0.1, -0.05) is 0 Å². The van der Waals surface area contributed by atoms with Crippen molar-refractivity contribution in [1.29, 1.82) is 0 Å². The average molecular weight is 355 g/mol. The third kappa shape index (κ3) is 3.03. The quantitative estimate of drug-likeness (QED) is 0.889. The molecule has 0 aliphatic carbocycles. The Bertz CT molecular complexity index is 868. The van der Waals surface area contributed by atoms with Gasteiger partial charge in [0.25, 0.3) is 0 Å². The molecule has 2 aromatic rings. The summed E-state index contributed by atoms with van der Waals surface area (Å²) in [6.07, 6.45) is 4.28. The van der Waals surface area contributed by atoms with Crippen molar-refractivity contribution in [3.63, 3.8) is 0 Å². The fraction of sp³-hybridized carbons (Fsp3) is 0.389. The van der Waals surface area contributed by atoms with Crippen LogP contribution >= 0.6 is 0 Å². The van der Waals surface area contributed by atoms with E-state index in [1.807, 2.05) is 31.6 Å². The van der Waals surface area contributed by atoms with E-state index in [2.05, 4.69) is 10.4 Å². The van der Waals surface area contributed by atoms with Crippen molar-refractivity contribution in [3.8, 4) is 16.9 Å². The Morgan fingerprint density at radius 1 is 1.31 bits per heavy atom. The van der Waals surface area contributed by atoms with E-state index in [1.54, 1.807) is 16.7 Å². The number of nitrogens with one attached hydrogen (secondary N) is 1. The van der Waals surface area contributed by atoms with Gasteiger partial charge in [0.1, 0.15) is 11.6 Å². The molecule has 2 aliphatic heterocycles. The number of ether oxygens (including phenoxy) is 2. The van der Waals surface area contributed by atoms with Crippen LogP contribution in [-0.4, -0.2) is 60.0 Å². The molecule has 1 aromatic carbocycles. The third-order valence-corrected chi connectivity index (χ3v) is 4.62. The number of amidine groups is 1. The predicted octanol–water partition coefficient (Wildman–Crippen LogP) is 1.72. The Hall–Kier alpha value is -2.87. The molecule has 1 saturated heterocycles. The van der Waals surface area contributed by atoms with Gasteiger partial charge >= 0.3 is 6.03 Å². The summed E-state index contributed by atoms with van der Waals surface area (Å²) < 4.78 is 12.5. The molecule has 0 saturated carbocycles. The SMILES string of the molecule is COc1ccc(-c2cnn(C)c2)c2c1CC(NC(=O)N1CCOCC1)=N2. The number of methoxy groups -OCH3 is 1. The number of benzene rings is 1. The van der Waals surface area contributed by atoms with Crippen LogP contribution in [0.1, 0.15) is 5.56 Å². The number of hydrogen-bond acceptors (Lipinski definition) is 5. The maximum atomic E-state index is 12.5. The number of urea groups is 1. The Morgan fingerprint density at radius 3 is 2.81 bits per heavy atom. The van der Waals surface area contributed by atoms with Crippen molar-refractivity contribution >= 4 is 17.6 Å². The van der Waals surface area contributed by atoms with Crippen molar-refractivity contribution in [2.24, 2.45) is 12.0 Å². The molecule has 26 heavy (non-hydrogen) atoms. The topological polar surface area (TPSA) is 81.0 Å². The van der Waals surface area contributed by atoms with Crippen molar-refractivity contribution in [2.45, 2.75) is 6.42 Å². The van der Waals surface area contributed by atoms with Gasteiger partial charge in [-0.3, -0.25) is 10.00 Å². The van der Waals surface area contributed by atoms with Crippen LogP contribution in [-0.2, 0) is 18.2 Å². The van der Waals surface area contributed by atoms with Crippen LogP contribution in [0.3, 0.4) is 0 Å². The molecule has 0 bridgehead atoms. The van der Waals surface area contributed by atoms with E-state index in [1.165, 1.54) is 0 Å². The number of aromatic nitrogens is 2. The summed E-state index contributed by atoms with van der Waals surface area (Å²) in [6, 6.07) is 3.77. The fourth-order valence-corrected chi connectivity index (χ4v) is 3.28. The molecule has 1 N–H and O–H groups in total. The highest BCUT2D eigenvalue weighted by molar-refractivity contribution is 6.04. The molecular formula is C18H21N5O3. The number of carbonyl (C=O) groups is 1. The Balaban J connectivity index is 1.62. The second-order valence-electron chi connectivity index (χ2n) is 6.31. The number of nitrogens with zero attached hydrogens (tertiary/aromatic N) is 4. The monoisotopic (exact) mass is 355 g/mol. The molecule has 3 heterocycles. The highest BCUT2D eigenvalue weighted by Crippen LogP contribution is 2.41. The summed E-state index contributed by atoms with van der Waals surface area (Å²) in [4.78, 5) is 18.9. The third-order valence-electron chi connectivity index (χ3n) is 4.62. The van der Waals surface area contributed by atoms with E-state index in [4.69, 9.17) is 14.5 Å². The second kappa shape index (κ2) is 6.80. The maximum absolute atomic E-state index is 12.5. The van der Waals surface area contributed by atoms with Gasteiger partial charge in [-0.2, -0.15) is 5.10 Å². The largest absolute Gasteiger partial charge is 0.496 e. The van der Waals surface area contributed by atoms with Crippen LogP contribution in [0.5, 0.6) is 5.75 Å². The van der Waals surface area contributed by atoms with Crippen LogP contribution in [0.4, 0.5) is 10.5 Å². The molecular weight excluding hydrogens is 334 g/mol. The minimum Gasteiger partial charge on any atom is -0.496 e. The van der Waals surface area contributed by atoms with E-state index in [0.717, 1.165) is 28.1 Å². The highest BCUT2D eigenvalue weighted by atomic mass is 16.5. The molecule has 4 rings (SSSR count). The van der Waals surface area contributed by atoms with E-state index in [9.17, 15) is 4.79 Å². The second-order valence-corrected chi connectivity index (χ2v) is 6.31. The number of fused-ring (bicyclic) bond motifs is 1. The predicted molar refractivity (Wildman–Crippen MR) is 96.9 cm³/mol. The molecule has 0 atom stereocenters. The van der Waals surface area contributed by atoms with E-state index >= 15 is 0 Å². The molecule has 136 valence electrons. The van der Waals surface area contributed by atoms with E-state index in [0.29, 0.717) is 38.6 Å². The first-order valence-corrected chi connectivity index (χ1v) is 8.56. The lowest BCUT2D eigenvalue weighted by atomic mass is 10.0. The number of hydrogen-bond donors (Lipinski definition) is 1. The summed E-state index contributed by atoms with van der Waals surface area (Å²) in [7, 11) is 3.52. The van der Waals surface area contributed by atoms with Gasteiger partial charge in [0.2, 0.25) is 0 Å². The van der Waals surface area contributed by atoms with Gasteiger partial charge in [0.05, 0.1) is 32.2 Å². The Kier molecular flexibility index (Phi) is 4.34. The van der Waals surface area contributed by atoms with Crippen molar-refractivity contribution in [2.75, 3.05) is 33.4 Å². The Labute approximate surface area is 151 Å². The van der Waals surface area contributed by atoms with Gasteiger partial charge in [0, 0.05) is 49.4 Å². The van der Waals surface area contributed by atoms with Gasteiger partial charge in [0.15, 0.2) is 0 Å². The smallest absolute Gasteiger partial charge is 0.322 e. The number of rotatable bonds is 2. The highest BCUT2D eigenvalue weighted by Gasteiger charge is 2.26. The zero-order valence-electron chi connectivity index (χ0n) is 14.9. The van der Waals surface area contributed by atoms with Gasteiger partial charge in [-0.05, 0) is 12.1 Å². The first-order valence-electron chi connectivity index (χ1n) is 8.56. The molecule has 2 aliphatic rings.